The summed E-state index contributed by atoms with van der Waals surface area (Å²) in [5.74, 6) is -0.758. The first-order valence-electron chi connectivity index (χ1n) is 8.91. The topological polar surface area (TPSA) is 49.7 Å². The minimum atomic E-state index is -2.24. The highest BCUT2D eigenvalue weighted by molar-refractivity contribution is 6.33. The lowest BCUT2D eigenvalue weighted by molar-refractivity contribution is 0.206. The van der Waals surface area contributed by atoms with Gasteiger partial charge in [-0.25, -0.2) is 8.78 Å². The highest BCUT2D eigenvalue weighted by Crippen LogP contribution is 2.37. The van der Waals surface area contributed by atoms with Crippen LogP contribution in [0.15, 0.2) is 12.1 Å². The fourth-order valence-corrected chi connectivity index (χ4v) is 3.94. The molecule has 1 aromatic carbocycles. The van der Waals surface area contributed by atoms with Gasteiger partial charge in [0.2, 0.25) is 0 Å². The molecule has 0 aliphatic heterocycles. The van der Waals surface area contributed by atoms with Crippen molar-refractivity contribution in [3.8, 4) is 5.75 Å². The zero-order valence-electron chi connectivity index (χ0n) is 14.5. The lowest BCUT2D eigenvalue weighted by Crippen LogP contribution is -2.23. The third kappa shape index (κ3) is 5.18. The second-order valence-corrected chi connectivity index (χ2v) is 7.08. The van der Waals surface area contributed by atoms with Crippen molar-refractivity contribution in [2.24, 2.45) is 17.8 Å². The van der Waals surface area contributed by atoms with Crippen LogP contribution in [0.1, 0.15) is 57.9 Å². The van der Waals surface area contributed by atoms with E-state index < -0.39 is 24.7 Å². The molecule has 0 aromatic heterocycles. The molecule has 0 radical (unpaired) electrons. The van der Waals surface area contributed by atoms with Crippen molar-refractivity contribution in [3.63, 3.8) is 0 Å². The van der Waals surface area contributed by atoms with Gasteiger partial charge in [0, 0.05) is 0 Å². The van der Waals surface area contributed by atoms with Gasteiger partial charge in [0.05, 0.1) is 0 Å². The van der Waals surface area contributed by atoms with Crippen LogP contribution >= 0.6 is 0 Å². The first-order chi connectivity index (χ1) is 11.4. The number of rotatable bonds is 7. The number of halogens is 2. The van der Waals surface area contributed by atoms with E-state index in [1.807, 2.05) is 0 Å². The maximum Gasteiger partial charge on any atom is 0.707 e. The van der Waals surface area contributed by atoms with Gasteiger partial charge in [-0.05, 0) is 54.7 Å². The van der Waals surface area contributed by atoms with Gasteiger partial charge >= 0.3 is 7.32 Å². The first kappa shape index (κ1) is 19.2. The summed E-state index contributed by atoms with van der Waals surface area (Å²) < 4.78 is 32.2. The molecule has 2 rings (SSSR count). The third-order valence-corrected chi connectivity index (χ3v) is 5.23. The Kier molecular flexibility index (Phi) is 7.05. The van der Waals surface area contributed by atoms with Gasteiger partial charge in [0.1, 0.15) is 0 Å². The van der Waals surface area contributed by atoms with Gasteiger partial charge in [0.25, 0.3) is 0 Å². The van der Waals surface area contributed by atoms with Crippen LogP contribution in [0.5, 0.6) is 5.75 Å². The van der Waals surface area contributed by atoms with Gasteiger partial charge in [-0.2, -0.15) is 0 Å². The highest BCUT2D eigenvalue weighted by Gasteiger charge is 2.26. The van der Waals surface area contributed by atoms with Gasteiger partial charge in [0.15, 0.2) is 17.4 Å². The summed E-state index contributed by atoms with van der Waals surface area (Å²) in [4.78, 5) is 0. The summed E-state index contributed by atoms with van der Waals surface area (Å²) in [5, 5.41) is 17.4. The summed E-state index contributed by atoms with van der Waals surface area (Å²) in [5.41, 5.74) is 0.577. The average Bonchev–Trinajstić information content (AvgIpc) is 2.52. The number of hydrogen-bond donors (Lipinski definition) is 2. The SMILES string of the molecule is CCC[C@H]1CC[C@H](C(C)Cc2cc(F)c(OB(O)O)c(F)c2)CC1. The molecule has 0 amide bonds. The number of hydrogen-bond acceptors (Lipinski definition) is 3. The summed E-state index contributed by atoms with van der Waals surface area (Å²) in [6.45, 7) is 4.36. The molecular formula is C18H27BF2O3. The Balaban J connectivity index is 1.96. The standard InChI is InChI=1S/C18H27BF2O3/c1-3-4-13-5-7-15(8-6-13)12(2)9-14-10-16(20)18(17(21)11-14)24-19(22)23/h10-13,15,22-23H,3-9H2,1-2H3/t12?,13-,15-. The van der Waals surface area contributed by atoms with Gasteiger partial charge in [-0.1, -0.05) is 39.5 Å². The van der Waals surface area contributed by atoms with Crippen LogP contribution in [-0.2, 0) is 6.42 Å². The maximum absolute atomic E-state index is 13.9. The van der Waals surface area contributed by atoms with Gasteiger partial charge < -0.3 is 14.7 Å². The van der Waals surface area contributed by atoms with E-state index in [0.29, 0.717) is 23.8 Å². The van der Waals surface area contributed by atoms with Crippen LogP contribution in [0.3, 0.4) is 0 Å². The van der Waals surface area contributed by atoms with Crippen LogP contribution in [0.4, 0.5) is 8.78 Å². The Morgan fingerprint density at radius 3 is 2.25 bits per heavy atom. The molecule has 2 N–H and O–H groups in total. The smallest absolute Gasteiger partial charge is 0.508 e. The molecule has 1 atom stereocenters. The fraction of sp³-hybridized carbons (Fsp3) is 0.667. The molecule has 1 aliphatic carbocycles. The molecule has 1 aromatic rings. The first-order valence-corrected chi connectivity index (χ1v) is 8.91. The van der Waals surface area contributed by atoms with E-state index in [1.54, 1.807) is 0 Å². The van der Waals surface area contributed by atoms with Gasteiger partial charge in [-0.3, -0.25) is 0 Å². The molecule has 134 valence electrons. The van der Waals surface area contributed by atoms with Crippen molar-refractivity contribution in [2.45, 2.75) is 58.8 Å². The minimum absolute atomic E-state index is 0.363. The molecule has 3 nitrogen and oxygen atoms in total. The van der Waals surface area contributed by atoms with Crippen molar-refractivity contribution in [3.05, 3.63) is 29.3 Å². The Morgan fingerprint density at radius 2 is 1.75 bits per heavy atom. The Labute approximate surface area is 143 Å². The van der Waals surface area contributed by atoms with Crippen LogP contribution in [0.25, 0.3) is 0 Å². The van der Waals surface area contributed by atoms with Crippen LogP contribution in [0.2, 0.25) is 0 Å². The van der Waals surface area contributed by atoms with Crippen LogP contribution in [-0.4, -0.2) is 17.4 Å². The van der Waals surface area contributed by atoms with E-state index in [-0.39, 0.29) is 0 Å². The largest absolute Gasteiger partial charge is 0.707 e. The van der Waals surface area contributed by atoms with Crippen molar-refractivity contribution >= 4 is 7.32 Å². The minimum Gasteiger partial charge on any atom is -0.508 e. The van der Waals surface area contributed by atoms with Crippen LogP contribution < -0.4 is 4.65 Å². The van der Waals surface area contributed by atoms with E-state index in [4.69, 9.17) is 10.0 Å². The maximum atomic E-state index is 13.9. The van der Waals surface area contributed by atoms with Gasteiger partial charge in [-0.15, -0.1) is 0 Å². The van der Waals surface area contributed by atoms with E-state index in [9.17, 15) is 8.78 Å². The molecule has 0 spiro atoms. The van der Waals surface area contributed by atoms with E-state index in [1.165, 1.54) is 50.7 Å². The second kappa shape index (κ2) is 8.81. The Hall–Kier alpha value is -1.14. The summed E-state index contributed by atoms with van der Waals surface area (Å²) in [6.07, 6.45) is 8.04. The third-order valence-electron chi connectivity index (χ3n) is 5.23. The molecular weight excluding hydrogens is 313 g/mol. The fourth-order valence-electron chi connectivity index (χ4n) is 3.94. The lowest BCUT2D eigenvalue weighted by Gasteiger charge is -2.32. The molecule has 1 fully saturated rings. The van der Waals surface area contributed by atoms with E-state index in [2.05, 4.69) is 18.5 Å². The summed E-state index contributed by atoms with van der Waals surface area (Å²) >= 11 is 0. The summed E-state index contributed by atoms with van der Waals surface area (Å²) in [7, 11) is -2.24. The average molecular weight is 340 g/mol. The predicted molar refractivity (Wildman–Crippen MR) is 90.4 cm³/mol. The van der Waals surface area contributed by atoms with Crippen LogP contribution in [0, 0.1) is 29.4 Å². The zero-order chi connectivity index (χ0) is 17.7. The second-order valence-electron chi connectivity index (χ2n) is 7.08. The molecule has 0 bridgehead atoms. The molecule has 1 saturated carbocycles. The summed E-state index contributed by atoms with van der Waals surface area (Å²) in [6, 6.07) is 2.44. The quantitative estimate of drug-likeness (QED) is 0.735. The normalized spacial score (nSPS) is 22.2. The zero-order valence-corrected chi connectivity index (χ0v) is 14.5. The molecule has 0 saturated heterocycles. The molecule has 24 heavy (non-hydrogen) atoms. The van der Waals surface area contributed by atoms with E-state index in [0.717, 1.165) is 5.92 Å². The van der Waals surface area contributed by atoms with E-state index >= 15 is 0 Å². The van der Waals surface area contributed by atoms with Crippen molar-refractivity contribution < 1.29 is 23.5 Å². The molecule has 1 aliphatic rings. The van der Waals surface area contributed by atoms with Crippen molar-refractivity contribution in [2.75, 3.05) is 0 Å². The lowest BCUT2D eigenvalue weighted by atomic mass is 9.74. The number of benzene rings is 1. The van der Waals surface area contributed by atoms with Crippen molar-refractivity contribution in [1.29, 1.82) is 0 Å². The van der Waals surface area contributed by atoms with Crippen molar-refractivity contribution in [1.82, 2.24) is 0 Å². The predicted octanol–water partition coefficient (Wildman–Crippen LogP) is 4.10. The highest BCUT2D eigenvalue weighted by atomic mass is 19.1. The Morgan fingerprint density at radius 1 is 1.17 bits per heavy atom. The molecule has 6 heteroatoms. The molecule has 0 heterocycles. The molecule has 1 unspecified atom stereocenters. The Bertz CT molecular complexity index is 508. The monoisotopic (exact) mass is 340 g/mol.